The number of allylic oxidation sites excluding steroid dienone is 6. The second-order valence-corrected chi connectivity index (χ2v) is 7.49. The van der Waals surface area contributed by atoms with Crippen LogP contribution in [0.5, 0.6) is 0 Å². The van der Waals surface area contributed by atoms with E-state index >= 15 is 0 Å². The molecule has 0 unspecified atom stereocenters. The average molecular weight is 357 g/mol. The molecule has 138 valence electrons. The molecule has 27 heavy (non-hydrogen) atoms. The third kappa shape index (κ3) is 5.74. The highest BCUT2D eigenvalue weighted by Crippen LogP contribution is 2.34. The fourth-order valence-electron chi connectivity index (χ4n) is 3.11. The molecule has 0 saturated heterocycles. The summed E-state index contributed by atoms with van der Waals surface area (Å²) in [6, 6.07) is 10.6. The molecule has 0 radical (unpaired) electrons. The van der Waals surface area contributed by atoms with E-state index in [1.54, 1.807) is 18.2 Å². The summed E-state index contributed by atoms with van der Waals surface area (Å²) in [7, 11) is 0. The Morgan fingerprint density at radius 2 is 1.00 bits per heavy atom. The highest BCUT2D eigenvalue weighted by atomic mass is 14.2. The van der Waals surface area contributed by atoms with Gasteiger partial charge in [0.05, 0.1) is 12.1 Å². The van der Waals surface area contributed by atoms with Crippen LogP contribution in [0.2, 0.25) is 0 Å². The topological polar surface area (TPSA) is 47.6 Å². The van der Waals surface area contributed by atoms with Gasteiger partial charge >= 0.3 is 0 Å². The Kier molecular flexibility index (Phi) is 8.33. The van der Waals surface area contributed by atoms with Crippen molar-refractivity contribution in [3.63, 3.8) is 0 Å². The van der Waals surface area contributed by atoms with Crippen molar-refractivity contribution >= 4 is 16.7 Å². The Labute approximate surface area is 164 Å². The van der Waals surface area contributed by atoms with E-state index in [-0.39, 0.29) is 17.8 Å². The summed E-state index contributed by atoms with van der Waals surface area (Å²) < 4.78 is 0. The van der Waals surface area contributed by atoms with E-state index in [4.69, 9.17) is 6.42 Å². The van der Waals surface area contributed by atoms with Crippen LogP contribution in [0.4, 0.5) is 0 Å². The predicted molar refractivity (Wildman–Crippen MR) is 115 cm³/mol. The molecule has 0 atom stereocenters. The van der Waals surface area contributed by atoms with E-state index in [2.05, 4.69) is 77.8 Å². The molecule has 0 bridgehead atoms. The molecular weight excluding hydrogens is 328 g/mol. The molecule has 0 spiro atoms. The third-order valence-corrected chi connectivity index (χ3v) is 4.48. The zero-order valence-electron chi connectivity index (χ0n) is 17.2. The van der Waals surface area contributed by atoms with Gasteiger partial charge in [-0.1, -0.05) is 47.5 Å². The smallest absolute Gasteiger partial charge is 0.0915 e. The number of nitrogens with zero attached hydrogens (tertiary/aromatic N) is 2. The Hall–Kier alpha value is -3.02. The molecule has 2 nitrogen and oxygen atoms in total. The molecule has 1 aromatic rings. The van der Waals surface area contributed by atoms with Crippen LogP contribution in [0.3, 0.4) is 0 Å². The van der Waals surface area contributed by atoms with Gasteiger partial charge in [-0.05, 0) is 75.4 Å². The molecule has 0 aliphatic rings. The van der Waals surface area contributed by atoms with E-state index in [9.17, 15) is 10.5 Å². The van der Waals surface area contributed by atoms with E-state index in [0.717, 1.165) is 33.4 Å². The number of terminal acetylenes is 1. The SMILES string of the molecule is C#C/C=C(/c1cc(/C(=C/C#N)C(C)C)cc(/C(=C/C#N)C(C)C)c1)C(C)C. The Bertz CT molecular complexity index is 754. The number of hydrogen-bond acceptors (Lipinski definition) is 2. The summed E-state index contributed by atoms with van der Waals surface area (Å²) >= 11 is 0. The van der Waals surface area contributed by atoms with Crippen molar-refractivity contribution in [2.45, 2.75) is 41.5 Å². The van der Waals surface area contributed by atoms with E-state index in [1.807, 2.05) is 0 Å². The van der Waals surface area contributed by atoms with Crippen molar-refractivity contribution in [3.8, 4) is 24.5 Å². The zero-order valence-corrected chi connectivity index (χ0v) is 17.2. The molecule has 0 aromatic heterocycles. The second-order valence-electron chi connectivity index (χ2n) is 7.49. The van der Waals surface area contributed by atoms with Crippen molar-refractivity contribution in [3.05, 3.63) is 53.1 Å². The fraction of sp³-hybridized carbons (Fsp3) is 0.360. The van der Waals surface area contributed by atoms with Gasteiger partial charge in [-0.15, -0.1) is 6.42 Å². The monoisotopic (exact) mass is 356 g/mol. The maximum Gasteiger partial charge on any atom is 0.0915 e. The van der Waals surface area contributed by atoms with Crippen LogP contribution >= 0.6 is 0 Å². The van der Waals surface area contributed by atoms with Gasteiger partial charge in [0.2, 0.25) is 0 Å². The van der Waals surface area contributed by atoms with Crippen LogP contribution < -0.4 is 0 Å². The van der Waals surface area contributed by atoms with E-state index in [1.165, 1.54) is 0 Å². The van der Waals surface area contributed by atoms with Crippen LogP contribution in [-0.4, -0.2) is 0 Å². The van der Waals surface area contributed by atoms with Gasteiger partial charge in [0.25, 0.3) is 0 Å². The normalized spacial score (nSPS) is 12.9. The lowest BCUT2D eigenvalue weighted by atomic mass is 9.85. The Morgan fingerprint density at radius 1 is 0.704 bits per heavy atom. The number of benzene rings is 1. The van der Waals surface area contributed by atoms with Crippen LogP contribution in [0, 0.1) is 52.8 Å². The van der Waals surface area contributed by atoms with Crippen molar-refractivity contribution in [2.24, 2.45) is 17.8 Å². The molecule has 0 heterocycles. The summed E-state index contributed by atoms with van der Waals surface area (Å²) in [6.45, 7) is 12.5. The van der Waals surface area contributed by atoms with E-state index < -0.39 is 0 Å². The molecule has 0 aliphatic heterocycles. The van der Waals surface area contributed by atoms with Gasteiger partial charge in [0.15, 0.2) is 0 Å². The first kappa shape index (κ1) is 22.0. The summed E-state index contributed by atoms with van der Waals surface area (Å²) in [5, 5.41) is 18.5. The minimum absolute atomic E-state index is 0.203. The lowest BCUT2D eigenvalue weighted by Gasteiger charge is -2.19. The molecule has 0 amide bonds. The first-order valence-corrected chi connectivity index (χ1v) is 9.28. The fourth-order valence-corrected chi connectivity index (χ4v) is 3.11. The molecule has 0 N–H and O–H groups in total. The summed E-state index contributed by atoms with van der Waals surface area (Å²) in [5.74, 6) is 3.31. The lowest BCUT2D eigenvalue weighted by molar-refractivity contribution is 0.846. The van der Waals surface area contributed by atoms with Crippen LogP contribution in [-0.2, 0) is 0 Å². The van der Waals surface area contributed by atoms with Crippen LogP contribution in [0.15, 0.2) is 36.4 Å². The van der Waals surface area contributed by atoms with Crippen LogP contribution in [0.1, 0.15) is 58.2 Å². The molecular formula is C25H28N2. The summed E-state index contributed by atoms with van der Waals surface area (Å²) in [6.07, 6.45) is 10.6. The molecule has 0 fully saturated rings. The molecule has 0 saturated carbocycles. The lowest BCUT2D eigenvalue weighted by Crippen LogP contribution is -2.02. The van der Waals surface area contributed by atoms with Gasteiger partial charge in [0.1, 0.15) is 0 Å². The standard InChI is InChI=1S/C25H28N2/c1-8-9-23(17(2)3)20-14-21(24(10-12-26)18(4)5)16-22(15-20)25(11-13-27)19(6)7/h1,9-11,14-19H,2-7H3/b23-9+,24-10+,25-11+. The highest BCUT2D eigenvalue weighted by Gasteiger charge is 2.16. The predicted octanol–water partition coefficient (Wildman–Crippen LogP) is 6.49. The largest absolute Gasteiger partial charge is 0.193 e. The second kappa shape index (κ2) is 10.2. The first-order chi connectivity index (χ1) is 12.8. The van der Waals surface area contributed by atoms with Crippen LogP contribution in [0.25, 0.3) is 16.7 Å². The van der Waals surface area contributed by atoms with Gasteiger partial charge in [-0.3, -0.25) is 0 Å². The van der Waals surface area contributed by atoms with E-state index in [0.29, 0.717) is 0 Å². The first-order valence-electron chi connectivity index (χ1n) is 9.28. The Balaban J connectivity index is 3.88. The highest BCUT2D eigenvalue weighted by molar-refractivity contribution is 5.81. The van der Waals surface area contributed by atoms with Gasteiger partial charge in [-0.25, -0.2) is 0 Å². The number of rotatable bonds is 6. The average Bonchev–Trinajstić information content (AvgIpc) is 2.60. The van der Waals surface area contributed by atoms with Crippen molar-refractivity contribution < 1.29 is 0 Å². The minimum Gasteiger partial charge on any atom is -0.193 e. The molecule has 1 rings (SSSR count). The minimum atomic E-state index is 0.203. The molecule has 0 aliphatic carbocycles. The summed E-state index contributed by atoms with van der Waals surface area (Å²) in [5.41, 5.74) is 6.04. The molecule has 2 heteroatoms. The third-order valence-electron chi connectivity index (χ3n) is 4.48. The van der Waals surface area contributed by atoms with Gasteiger partial charge in [-0.2, -0.15) is 10.5 Å². The van der Waals surface area contributed by atoms with Gasteiger partial charge < -0.3 is 0 Å². The van der Waals surface area contributed by atoms with Crippen molar-refractivity contribution in [2.75, 3.05) is 0 Å². The zero-order chi connectivity index (χ0) is 20.6. The Morgan fingerprint density at radius 3 is 1.22 bits per heavy atom. The van der Waals surface area contributed by atoms with Crippen molar-refractivity contribution in [1.82, 2.24) is 0 Å². The van der Waals surface area contributed by atoms with Crippen molar-refractivity contribution in [1.29, 1.82) is 10.5 Å². The van der Waals surface area contributed by atoms with Gasteiger partial charge in [0, 0.05) is 12.2 Å². The molecule has 1 aromatic carbocycles. The summed E-state index contributed by atoms with van der Waals surface area (Å²) in [4.78, 5) is 0. The number of hydrogen-bond donors (Lipinski definition) is 0. The number of nitriles is 2. The maximum absolute atomic E-state index is 9.23. The quantitative estimate of drug-likeness (QED) is 0.432. The maximum atomic E-state index is 9.23.